The van der Waals surface area contributed by atoms with Crippen LogP contribution < -0.4 is 0 Å². The molecule has 0 amide bonds. The van der Waals surface area contributed by atoms with Crippen molar-refractivity contribution in [2.75, 3.05) is 7.11 Å². The summed E-state index contributed by atoms with van der Waals surface area (Å²) in [5.41, 5.74) is 0. The largest absolute Gasteiger partial charge is 0.434 e. The summed E-state index contributed by atoms with van der Waals surface area (Å²) in [5.74, 6) is -1.06. The van der Waals surface area contributed by atoms with Crippen molar-refractivity contribution in [3.63, 3.8) is 0 Å². The summed E-state index contributed by atoms with van der Waals surface area (Å²) in [6, 6.07) is 0. The van der Waals surface area contributed by atoms with Crippen molar-refractivity contribution < 1.29 is 14.3 Å². The smallest absolute Gasteiger partial charge is 0.305 e. The molecule has 0 aromatic carbocycles. The predicted molar refractivity (Wildman–Crippen MR) is 37.5 cm³/mol. The van der Waals surface area contributed by atoms with Crippen LogP contribution in [-0.4, -0.2) is 18.9 Å². The molecular weight excluding hydrogens is 132 g/mol. The minimum absolute atomic E-state index is 0.314. The lowest BCUT2D eigenvalue weighted by Gasteiger charge is -2.25. The molecule has 0 saturated heterocycles. The highest BCUT2D eigenvalue weighted by Gasteiger charge is 2.23. The molecule has 1 unspecified atom stereocenters. The van der Waals surface area contributed by atoms with Crippen LogP contribution in [0.1, 0.15) is 27.2 Å². The van der Waals surface area contributed by atoms with Crippen molar-refractivity contribution in [3.8, 4) is 0 Å². The second-order valence-electron chi connectivity index (χ2n) is 2.29. The van der Waals surface area contributed by atoms with Crippen LogP contribution in [0.5, 0.6) is 0 Å². The van der Waals surface area contributed by atoms with Gasteiger partial charge in [-0.3, -0.25) is 4.79 Å². The average Bonchev–Trinajstić information content (AvgIpc) is 1.87. The van der Waals surface area contributed by atoms with Crippen LogP contribution in [0, 0.1) is 0 Å². The fraction of sp³-hybridized carbons (Fsp3) is 0.857. The van der Waals surface area contributed by atoms with Crippen LogP contribution in [-0.2, 0) is 14.3 Å². The molecule has 0 aliphatic carbocycles. The van der Waals surface area contributed by atoms with Crippen LogP contribution in [0.2, 0.25) is 0 Å². The third kappa shape index (κ3) is 2.82. The maximum Gasteiger partial charge on any atom is 0.305 e. The van der Waals surface area contributed by atoms with Crippen molar-refractivity contribution in [1.82, 2.24) is 0 Å². The summed E-state index contributed by atoms with van der Waals surface area (Å²) in [6.07, 6.45) is 0.656. The Morgan fingerprint density at radius 1 is 1.60 bits per heavy atom. The number of hydrogen-bond donors (Lipinski definition) is 0. The molecule has 0 spiro atoms. The van der Waals surface area contributed by atoms with Gasteiger partial charge in [-0.25, -0.2) is 0 Å². The summed E-state index contributed by atoms with van der Waals surface area (Å²) >= 11 is 0. The first-order chi connectivity index (χ1) is 4.54. The van der Waals surface area contributed by atoms with E-state index in [1.54, 1.807) is 6.92 Å². The Balaban J connectivity index is 3.92. The van der Waals surface area contributed by atoms with Gasteiger partial charge in [-0.2, -0.15) is 0 Å². The fourth-order valence-corrected chi connectivity index (χ4v) is 0.562. The van der Waals surface area contributed by atoms with Gasteiger partial charge in [0.25, 0.3) is 0 Å². The summed E-state index contributed by atoms with van der Waals surface area (Å²) in [5, 5.41) is 0. The van der Waals surface area contributed by atoms with Crippen LogP contribution in [0.25, 0.3) is 0 Å². The number of ether oxygens (including phenoxy) is 2. The van der Waals surface area contributed by atoms with Gasteiger partial charge in [0, 0.05) is 27.4 Å². The molecule has 0 aliphatic rings. The van der Waals surface area contributed by atoms with Crippen LogP contribution in [0.3, 0.4) is 0 Å². The standard InChI is InChI=1S/C7H14O3/c1-5-7(3,9-4)10-6(2)8/h5H2,1-4H3. The molecule has 0 heterocycles. The lowest BCUT2D eigenvalue weighted by Crippen LogP contribution is -2.31. The van der Waals surface area contributed by atoms with Gasteiger partial charge in [-0.05, 0) is 0 Å². The number of carbonyl (C=O) groups excluding carboxylic acids is 1. The second-order valence-corrected chi connectivity index (χ2v) is 2.29. The second kappa shape index (κ2) is 3.56. The molecule has 0 bridgehead atoms. The maximum atomic E-state index is 10.5. The van der Waals surface area contributed by atoms with Crippen molar-refractivity contribution in [3.05, 3.63) is 0 Å². The Labute approximate surface area is 61.3 Å². The minimum atomic E-state index is -0.744. The Bertz CT molecular complexity index is 116. The zero-order valence-corrected chi connectivity index (χ0v) is 6.93. The molecule has 0 aromatic heterocycles. The van der Waals surface area contributed by atoms with Crippen molar-refractivity contribution in [1.29, 1.82) is 0 Å². The zero-order chi connectivity index (χ0) is 8.20. The predicted octanol–water partition coefficient (Wildman–Crippen LogP) is 1.32. The van der Waals surface area contributed by atoms with Crippen molar-refractivity contribution >= 4 is 5.97 Å². The topological polar surface area (TPSA) is 35.5 Å². The van der Waals surface area contributed by atoms with E-state index in [-0.39, 0.29) is 5.97 Å². The van der Waals surface area contributed by atoms with E-state index in [9.17, 15) is 4.79 Å². The summed E-state index contributed by atoms with van der Waals surface area (Å²) < 4.78 is 9.83. The molecular formula is C7H14O3. The van der Waals surface area contributed by atoms with E-state index >= 15 is 0 Å². The van der Waals surface area contributed by atoms with Crippen molar-refractivity contribution in [2.45, 2.75) is 33.0 Å². The number of methoxy groups -OCH3 is 1. The molecule has 0 fully saturated rings. The molecule has 0 saturated carbocycles. The SMILES string of the molecule is CCC(C)(OC)OC(C)=O. The molecule has 0 aliphatic heterocycles. The highest BCUT2D eigenvalue weighted by Crippen LogP contribution is 2.15. The van der Waals surface area contributed by atoms with E-state index in [1.807, 2.05) is 6.92 Å². The van der Waals surface area contributed by atoms with E-state index < -0.39 is 5.79 Å². The number of rotatable bonds is 3. The van der Waals surface area contributed by atoms with Gasteiger partial charge in [0.2, 0.25) is 5.79 Å². The van der Waals surface area contributed by atoms with E-state index in [4.69, 9.17) is 9.47 Å². The lowest BCUT2D eigenvalue weighted by molar-refractivity contribution is -0.212. The highest BCUT2D eigenvalue weighted by atomic mass is 16.7. The highest BCUT2D eigenvalue weighted by molar-refractivity contribution is 5.66. The number of carbonyl (C=O) groups is 1. The number of hydrogen-bond acceptors (Lipinski definition) is 3. The maximum absolute atomic E-state index is 10.5. The molecule has 0 N–H and O–H groups in total. The van der Waals surface area contributed by atoms with Crippen LogP contribution in [0.15, 0.2) is 0 Å². The summed E-state index contributed by atoms with van der Waals surface area (Å²) in [6.45, 7) is 4.99. The van der Waals surface area contributed by atoms with E-state index in [0.717, 1.165) is 0 Å². The Hall–Kier alpha value is -0.570. The first-order valence-corrected chi connectivity index (χ1v) is 3.29. The minimum Gasteiger partial charge on any atom is -0.434 e. The fourth-order valence-electron chi connectivity index (χ4n) is 0.562. The van der Waals surface area contributed by atoms with Crippen LogP contribution in [0.4, 0.5) is 0 Å². The number of esters is 1. The van der Waals surface area contributed by atoms with Crippen LogP contribution >= 0.6 is 0 Å². The first-order valence-electron chi connectivity index (χ1n) is 3.29. The van der Waals surface area contributed by atoms with E-state index in [2.05, 4.69) is 0 Å². The monoisotopic (exact) mass is 146 g/mol. The van der Waals surface area contributed by atoms with E-state index in [0.29, 0.717) is 6.42 Å². The molecule has 0 rings (SSSR count). The molecule has 60 valence electrons. The molecule has 3 heteroatoms. The zero-order valence-electron chi connectivity index (χ0n) is 6.93. The molecule has 0 radical (unpaired) electrons. The molecule has 3 nitrogen and oxygen atoms in total. The van der Waals surface area contributed by atoms with Gasteiger partial charge in [-0.15, -0.1) is 0 Å². The van der Waals surface area contributed by atoms with Gasteiger partial charge in [0.1, 0.15) is 0 Å². The average molecular weight is 146 g/mol. The van der Waals surface area contributed by atoms with Gasteiger partial charge in [0.15, 0.2) is 0 Å². The van der Waals surface area contributed by atoms with Gasteiger partial charge in [-0.1, -0.05) is 6.92 Å². The van der Waals surface area contributed by atoms with Gasteiger partial charge < -0.3 is 9.47 Å². The third-order valence-electron chi connectivity index (χ3n) is 1.43. The normalized spacial score (nSPS) is 16.0. The van der Waals surface area contributed by atoms with Gasteiger partial charge in [0.05, 0.1) is 0 Å². The Kier molecular flexibility index (Phi) is 3.36. The summed E-state index contributed by atoms with van der Waals surface area (Å²) in [7, 11) is 1.52. The summed E-state index contributed by atoms with van der Waals surface area (Å²) in [4.78, 5) is 10.5. The van der Waals surface area contributed by atoms with Crippen molar-refractivity contribution in [2.24, 2.45) is 0 Å². The first kappa shape index (κ1) is 9.43. The Morgan fingerprint density at radius 2 is 2.10 bits per heavy atom. The molecule has 10 heavy (non-hydrogen) atoms. The van der Waals surface area contributed by atoms with Gasteiger partial charge >= 0.3 is 5.97 Å². The Morgan fingerprint density at radius 3 is 2.20 bits per heavy atom. The molecule has 0 aromatic rings. The lowest BCUT2D eigenvalue weighted by atomic mass is 10.2. The molecule has 1 atom stereocenters. The van der Waals surface area contributed by atoms with E-state index in [1.165, 1.54) is 14.0 Å². The quantitative estimate of drug-likeness (QED) is 0.445. The third-order valence-corrected chi connectivity index (χ3v) is 1.43.